The Kier molecular flexibility index (Phi) is 5.32. The molecule has 3 aromatic rings. The Hall–Kier alpha value is -3.22. The fourth-order valence-corrected chi connectivity index (χ4v) is 3.77. The predicted octanol–water partition coefficient (Wildman–Crippen LogP) is 3.51. The summed E-state index contributed by atoms with van der Waals surface area (Å²) in [7, 11) is 1.79. The highest BCUT2D eigenvalue weighted by Gasteiger charge is 2.27. The molecule has 0 aliphatic carbocycles. The molecule has 2 aromatic carbocycles. The normalized spacial score (nSPS) is 16.8. The van der Waals surface area contributed by atoms with Crippen LogP contribution >= 0.6 is 0 Å². The molecule has 28 heavy (non-hydrogen) atoms. The summed E-state index contributed by atoms with van der Waals surface area (Å²) in [4.78, 5) is 15.0. The molecule has 0 saturated carbocycles. The molecule has 1 aliphatic heterocycles. The van der Waals surface area contributed by atoms with Crippen LogP contribution in [0, 0.1) is 0 Å². The van der Waals surface area contributed by atoms with Crippen LogP contribution in [0.5, 0.6) is 0 Å². The van der Waals surface area contributed by atoms with Crippen LogP contribution in [0.2, 0.25) is 0 Å². The van der Waals surface area contributed by atoms with Crippen molar-refractivity contribution < 1.29 is 4.79 Å². The first-order valence-corrected chi connectivity index (χ1v) is 9.65. The quantitative estimate of drug-likeness (QED) is 0.756. The van der Waals surface area contributed by atoms with Crippen LogP contribution in [0.15, 0.2) is 54.6 Å². The van der Waals surface area contributed by atoms with E-state index in [4.69, 9.17) is 0 Å². The number of amides is 2. The summed E-state index contributed by atoms with van der Waals surface area (Å²) in [6.45, 7) is 0.788. The van der Waals surface area contributed by atoms with Crippen LogP contribution in [-0.2, 0) is 13.5 Å². The fourth-order valence-electron chi connectivity index (χ4n) is 3.77. The van der Waals surface area contributed by atoms with Gasteiger partial charge in [0.15, 0.2) is 5.82 Å². The molecule has 144 valence electrons. The second-order valence-electron chi connectivity index (χ2n) is 7.17. The number of hydrogen-bond acceptors (Lipinski definition) is 4. The molecule has 1 fully saturated rings. The number of anilines is 1. The van der Waals surface area contributed by atoms with Gasteiger partial charge in [0.2, 0.25) is 0 Å². The van der Waals surface area contributed by atoms with Gasteiger partial charge in [-0.1, -0.05) is 42.5 Å². The van der Waals surface area contributed by atoms with E-state index in [0.29, 0.717) is 5.82 Å². The predicted molar refractivity (Wildman–Crippen MR) is 108 cm³/mol. The second kappa shape index (κ2) is 8.21. The molecule has 1 N–H and O–H groups in total. The zero-order valence-electron chi connectivity index (χ0n) is 16.0. The highest BCUT2D eigenvalue weighted by atomic mass is 16.2. The third kappa shape index (κ3) is 4.03. The Balaban J connectivity index is 1.48. The van der Waals surface area contributed by atoms with Gasteiger partial charge in [0, 0.05) is 30.9 Å². The lowest BCUT2D eigenvalue weighted by Crippen LogP contribution is -2.46. The summed E-state index contributed by atoms with van der Waals surface area (Å²) in [5.41, 5.74) is 2.88. The summed E-state index contributed by atoms with van der Waals surface area (Å²) < 4.78 is 1.61. The SMILES string of the molecule is Cn1nnnc1-c1cccc(NC(=O)N2CCCCC2Cc2ccccc2)c1. The second-order valence-corrected chi connectivity index (χ2v) is 7.17. The number of tetrazole rings is 1. The molecule has 1 saturated heterocycles. The number of carbonyl (C=O) groups is 1. The fraction of sp³-hybridized carbons (Fsp3) is 0.333. The Labute approximate surface area is 164 Å². The highest BCUT2D eigenvalue weighted by molar-refractivity contribution is 5.90. The molecule has 7 heteroatoms. The molecule has 4 rings (SSSR count). The number of carbonyl (C=O) groups excluding carboxylic acids is 1. The molecule has 1 unspecified atom stereocenters. The number of rotatable bonds is 4. The molecule has 0 spiro atoms. The van der Waals surface area contributed by atoms with Crippen LogP contribution < -0.4 is 5.32 Å². The standard InChI is InChI=1S/C21H24N6O/c1-26-20(23-24-25-26)17-10-7-11-18(15-17)22-21(28)27-13-6-5-12-19(27)14-16-8-3-2-4-9-16/h2-4,7-11,15,19H,5-6,12-14H2,1H3,(H,22,28). The van der Waals surface area contributed by atoms with E-state index in [1.165, 1.54) is 5.56 Å². The van der Waals surface area contributed by atoms with E-state index in [1.807, 2.05) is 35.2 Å². The van der Waals surface area contributed by atoms with E-state index in [9.17, 15) is 4.79 Å². The number of aromatic nitrogens is 4. The number of nitrogens with zero attached hydrogens (tertiary/aromatic N) is 5. The van der Waals surface area contributed by atoms with Gasteiger partial charge in [-0.25, -0.2) is 9.48 Å². The maximum absolute atomic E-state index is 13.0. The average molecular weight is 376 g/mol. The molecule has 0 radical (unpaired) electrons. The third-order valence-corrected chi connectivity index (χ3v) is 5.19. The van der Waals surface area contributed by atoms with Gasteiger partial charge in [-0.3, -0.25) is 0 Å². The molecule has 1 aliphatic rings. The smallest absolute Gasteiger partial charge is 0.321 e. The maximum atomic E-state index is 13.0. The van der Waals surface area contributed by atoms with Crippen molar-refractivity contribution in [1.82, 2.24) is 25.1 Å². The van der Waals surface area contributed by atoms with Crippen LogP contribution in [-0.4, -0.2) is 43.7 Å². The van der Waals surface area contributed by atoms with Gasteiger partial charge in [0.25, 0.3) is 0 Å². The van der Waals surface area contributed by atoms with E-state index in [1.54, 1.807) is 11.7 Å². The monoisotopic (exact) mass is 376 g/mol. The summed E-state index contributed by atoms with van der Waals surface area (Å²) in [5.74, 6) is 0.663. The summed E-state index contributed by atoms with van der Waals surface area (Å²) in [5, 5.41) is 14.6. The maximum Gasteiger partial charge on any atom is 0.322 e. The van der Waals surface area contributed by atoms with E-state index >= 15 is 0 Å². The van der Waals surface area contributed by atoms with Gasteiger partial charge < -0.3 is 10.2 Å². The Bertz CT molecular complexity index is 939. The lowest BCUT2D eigenvalue weighted by molar-refractivity contribution is 0.162. The number of aryl methyl sites for hydroxylation is 1. The van der Waals surface area contributed by atoms with Gasteiger partial charge >= 0.3 is 6.03 Å². The zero-order valence-corrected chi connectivity index (χ0v) is 16.0. The van der Waals surface area contributed by atoms with Crippen molar-refractivity contribution in [3.8, 4) is 11.4 Å². The minimum absolute atomic E-state index is 0.0473. The van der Waals surface area contributed by atoms with Crippen molar-refractivity contribution in [2.24, 2.45) is 7.05 Å². The van der Waals surface area contributed by atoms with E-state index in [2.05, 4.69) is 45.1 Å². The first-order valence-electron chi connectivity index (χ1n) is 9.65. The lowest BCUT2D eigenvalue weighted by atomic mass is 9.96. The Morgan fingerprint density at radius 3 is 2.79 bits per heavy atom. The summed E-state index contributed by atoms with van der Waals surface area (Å²) in [6, 6.07) is 18.2. The number of benzene rings is 2. The lowest BCUT2D eigenvalue weighted by Gasteiger charge is -2.36. The first-order chi connectivity index (χ1) is 13.7. The van der Waals surface area contributed by atoms with Gasteiger partial charge in [0.05, 0.1) is 0 Å². The van der Waals surface area contributed by atoms with E-state index in [-0.39, 0.29) is 12.1 Å². The van der Waals surface area contributed by atoms with Gasteiger partial charge in [-0.05, 0) is 53.8 Å². The van der Waals surface area contributed by atoms with Gasteiger partial charge in [-0.15, -0.1) is 5.10 Å². The molecule has 1 aromatic heterocycles. The van der Waals surface area contributed by atoms with E-state index in [0.717, 1.165) is 43.5 Å². The number of piperidine rings is 1. The van der Waals surface area contributed by atoms with Crippen molar-refractivity contribution in [3.63, 3.8) is 0 Å². The van der Waals surface area contributed by atoms with Crippen molar-refractivity contribution in [3.05, 3.63) is 60.2 Å². The van der Waals surface area contributed by atoms with Crippen LogP contribution in [0.3, 0.4) is 0 Å². The topological polar surface area (TPSA) is 75.9 Å². The summed E-state index contributed by atoms with van der Waals surface area (Å²) >= 11 is 0. The van der Waals surface area contributed by atoms with Crippen LogP contribution in [0.1, 0.15) is 24.8 Å². The molecule has 2 heterocycles. The minimum atomic E-state index is -0.0473. The average Bonchev–Trinajstić information content (AvgIpc) is 3.15. The van der Waals surface area contributed by atoms with E-state index < -0.39 is 0 Å². The molecule has 7 nitrogen and oxygen atoms in total. The number of likely N-dealkylation sites (tertiary alicyclic amines) is 1. The molecular weight excluding hydrogens is 352 g/mol. The Morgan fingerprint density at radius 1 is 1.14 bits per heavy atom. The first kappa shape index (κ1) is 18.2. The number of hydrogen-bond donors (Lipinski definition) is 1. The number of urea groups is 1. The van der Waals surface area contributed by atoms with Crippen molar-refractivity contribution in [1.29, 1.82) is 0 Å². The molecule has 2 amide bonds. The van der Waals surface area contributed by atoms with Crippen LogP contribution in [0.4, 0.5) is 10.5 Å². The van der Waals surface area contributed by atoms with Crippen LogP contribution in [0.25, 0.3) is 11.4 Å². The molecular formula is C21H24N6O. The van der Waals surface area contributed by atoms with Crippen molar-refractivity contribution in [2.45, 2.75) is 31.7 Å². The zero-order chi connectivity index (χ0) is 19.3. The molecule has 1 atom stereocenters. The molecule has 0 bridgehead atoms. The van der Waals surface area contributed by atoms with Crippen molar-refractivity contribution >= 4 is 11.7 Å². The highest BCUT2D eigenvalue weighted by Crippen LogP contribution is 2.24. The van der Waals surface area contributed by atoms with Gasteiger partial charge in [-0.2, -0.15) is 0 Å². The summed E-state index contributed by atoms with van der Waals surface area (Å²) in [6.07, 6.45) is 4.13. The third-order valence-electron chi connectivity index (χ3n) is 5.19. The largest absolute Gasteiger partial charge is 0.322 e. The minimum Gasteiger partial charge on any atom is -0.321 e. The van der Waals surface area contributed by atoms with Crippen molar-refractivity contribution in [2.75, 3.05) is 11.9 Å². The Morgan fingerprint density at radius 2 is 2.00 bits per heavy atom. The van der Waals surface area contributed by atoms with Gasteiger partial charge in [0.1, 0.15) is 0 Å². The number of nitrogens with one attached hydrogen (secondary N) is 1.